The molecule has 0 radical (unpaired) electrons. The lowest BCUT2D eigenvalue weighted by atomic mass is 10.0. The molecular weight excluding hydrogens is 271 g/mol. The number of methoxy groups -OCH3 is 2. The summed E-state index contributed by atoms with van der Waals surface area (Å²) in [5.41, 5.74) is 1.72. The standard InChI is InChI=1S/C17H17FO3/c1-11-4-6-14(18)13(8-11)15(19)9-12-5-7-16(20-2)17(10-12)21-3/h4-8,10H,9H2,1-3H3. The van der Waals surface area contributed by atoms with Gasteiger partial charge in [-0.2, -0.15) is 0 Å². The molecule has 2 aromatic carbocycles. The number of Topliss-reactive ketones (excluding diaryl/α,β-unsaturated/α-hetero) is 1. The SMILES string of the molecule is COc1ccc(CC(=O)c2cc(C)ccc2F)cc1OC. The van der Waals surface area contributed by atoms with Gasteiger partial charge in [-0.15, -0.1) is 0 Å². The third kappa shape index (κ3) is 3.40. The largest absolute Gasteiger partial charge is 0.493 e. The maximum atomic E-state index is 13.7. The number of aryl methyl sites for hydroxylation is 1. The van der Waals surface area contributed by atoms with Crippen LogP contribution < -0.4 is 9.47 Å². The third-order valence-electron chi connectivity index (χ3n) is 3.23. The van der Waals surface area contributed by atoms with E-state index in [4.69, 9.17) is 9.47 Å². The summed E-state index contributed by atoms with van der Waals surface area (Å²) >= 11 is 0. The summed E-state index contributed by atoms with van der Waals surface area (Å²) in [6.45, 7) is 1.83. The monoisotopic (exact) mass is 288 g/mol. The van der Waals surface area contributed by atoms with Gasteiger partial charge in [0.15, 0.2) is 17.3 Å². The van der Waals surface area contributed by atoms with Crippen LogP contribution in [0.4, 0.5) is 4.39 Å². The molecule has 0 aliphatic rings. The minimum Gasteiger partial charge on any atom is -0.493 e. The highest BCUT2D eigenvalue weighted by atomic mass is 19.1. The molecule has 2 aromatic rings. The Balaban J connectivity index is 2.25. The molecule has 0 aliphatic carbocycles. The van der Waals surface area contributed by atoms with Crippen LogP contribution in [0.15, 0.2) is 36.4 Å². The van der Waals surface area contributed by atoms with E-state index in [1.54, 1.807) is 37.4 Å². The van der Waals surface area contributed by atoms with E-state index >= 15 is 0 Å². The lowest BCUT2D eigenvalue weighted by molar-refractivity contribution is 0.0989. The molecule has 0 N–H and O–H groups in total. The first kappa shape index (κ1) is 15.0. The zero-order valence-electron chi connectivity index (χ0n) is 12.3. The number of halogens is 1. The van der Waals surface area contributed by atoms with Gasteiger partial charge in [0, 0.05) is 6.42 Å². The second kappa shape index (κ2) is 6.39. The van der Waals surface area contributed by atoms with E-state index < -0.39 is 5.82 Å². The molecule has 0 aromatic heterocycles. The van der Waals surface area contributed by atoms with Crippen LogP contribution in [0.2, 0.25) is 0 Å². The minimum atomic E-state index is -0.494. The number of rotatable bonds is 5. The summed E-state index contributed by atoms with van der Waals surface area (Å²) in [4.78, 5) is 12.2. The van der Waals surface area contributed by atoms with Crippen LogP contribution in [0.3, 0.4) is 0 Å². The molecule has 0 bridgehead atoms. The summed E-state index contributed by atoms with van der Waals surface area (Å²) in [6.07, 6.45) is 0.112. The Hall–Kier alpha value is -2.36. The molecule has 0 fully saturated rings. The summed E-state index contributed by atoms with van der Waals surface area (Å²) in [7, 11) is 3.08. The van der Waals surface area contributed by atoms with Crippen LogP contribution >= 0.6 is 0 Å². The molecule has 0 atom stereocenters. The van der Waals surface area contributed by atoms with Gasteiger partial charge in [-0.25, -0.2) is 4.39 Å². The highest BCUT2D eigenvalue weighted by Crippen LogP contribution is 2.28. The molecule has 0 saturated heterocycles. The molecule has 4 heteroatoms. The fourth-order valence-electron chi connectivity index (χ4n) is 2.12. The van der Waals surface area contributed by atoms with E-state index in [0.717, 1.165) is 11.1 Å². The lowest BCUT2D eigenvalue weighted by Gasteiger charge is -2.09. The molecule has 3 nitrogen and oxygen atoms in total. The molecule has 2 rings (SSSR count). The van der Waals surface area contributed by atoms with Crippen LogP contribution in [0, 0.1) is 12.7 Å². The lowest BCUT2D eigenvalue weighted by Crippen LogP contribution is -2.07. The van der Waals surface area contributed by atoms with E-state index in [-0.39, 0.29) is 17.8 Å². The molecule has 21 heavy (non-hydrogen) atoms. The Labute approximate surface area is 123 Å². The van der Waals surface area contributed by atoms with Gasteiger partial charge in [0.25, 0.3) is 0 Å². The number of ketones is 1. The zero-order valence-corrected chi connectivity index (χ0v) is 12.3. The van der Waals surface area contributed by atoms with Gasteiger partial charge in [-0.05, 0) is 36.8 Å². The first-order valence-corrected chi connectivity index (χ1v) is 6.55. The molecule has 0 spiro atoms. The molecular formula is C17H17FO3. The van der Waals surface area contributed by atoms with Crippen molar-refractivity contribution in [3.8, 4) is 11.5 Å². The van der Waals surface area contributed by atoms with E-state index in [0.29, 0.717) is 11.5 Å². The maximum absolute atomic E-state index is 13.7. The fraction of sp³-hybridized carbons (Fsp3) is 0.235. The van der Waals surface area contributed by atoms with Crippen molar-refractivity contribution in [2.75, 3.05) is 14.2 Å². The van der Waals surface area contributed by atoms with Gasteiger partial charge in [-0.3, -0.25) is 4.79 Å². The number of carbonyl (C=O) groups excluding carboxylic acids is 1. The highest BCUT2D eigenvalue weighted by molar-refractivity contribution is 5.98. The van der Waals surface area contributed by atoms with Gasteiger partial charge in [0.2, 0.25) is 0 Å². The van der Waals surface area contributed by atoms with E-state index in [2.05, 4.69) is 0 Å². The quantitative estimate of drug-likeness (QED) is 0.789. The normalized spacial score (nSPS) is 10.3. The maximum Gasteiger partial charge on any atom is 0.170 e. The van der Waals surface area contributed by atoms with Crippen molar-refractivity contribution in [2.24, 2.45) is 0 Å². The highest BCUT2D eigenvalue weighted by Gasteiger charge is 2.14. The molecule has 110 valence electrons. The van der Waals surface area contributed by atoms with Crippen molar-refractivity contribution >= 4 is 5.78 Å². The molecule has 0 saturated carbocycles. The molecule has 0 amide bonds. The smallest absolute Gasteiger partial charge is 0.170 e. The molecule has 0 aliphatic heterocycles. The Morgan fingerprint density at radius 2 is 1.76 bits per heavy atom. The second-order valence-electron chi connectivity index (χ2n) is 4.77. The van der Waals surface area contributed by atoms with E-state index in [1.165, 1.54) is 13.2 Å². The van der Waals surface area contributed by atoms with Crippen molar-refractivity contribution in [3.05, 3.63) is 58.9 Å². The van der Waals surface area contributed by atoms with Crippen LogP contribution in [0.25, 0.3) is 0 Å². The Bertz CT molecular complexity index is 665. The Kier molecular flexibility index (Phi) is 4.58. The Morgan fingerprint density at radius 3 is 2.43 bits per heavy atom. The summed E-state index contributed by atoms with van der Waals surface area (Å²) in [5.74, 6) is 0.387. The van der Waals surface area contributed by atoms with Crippen molar-refractivity contribution in [3.63, 3.8) is 0 Å². The summed E-state index contributed by atoms with van der Waals surface area (Å²) in [6, 6.07) is 9.75. The van der Waals surface area contributed by atoms with Crippen LogP contribution in [0.1, 0.15) is 21.5 Å². The fourth-order valence-corrected chi connectivity index (χ4v) is 2.12. The minimum absolute atomic E-state index is 0.112. The van der Waals surface area contributed by atoms with Crippen molar-refractivity contribution < 1.29 is 18.7 Å². The van der Waals surface area contributed by atoms with Crippen molar-refractivity contribution in [1.82, 2.24) is 0 Å². The first-order chi connectivity index (χ1) is 10.0. The predicted molar refractivity (Wildman–Crippen MR) is 78.7 cm³/mol. The van der Waals surface area contributed by atoms with Gasteiger partial charge >= 0.3 is 0 Å². The van der Waals surface area contributed by atoms with Crippen LogP contribution in [-0.2, 0) is 6.42 Å². The second-order valence-corrected chi connectivity index (χ2v) is 4.77. The average Bonchev–Trinajstić information content (AvgIpc) is 2.49. The predicted octanol–water partition coefficient (Wildman–Crippen LogP) is 3.58. The molecule has 0 unspecified atom stereocenters. The number of benzene rings is 2. The van der Waals surface area contributed by atoms with E-state index in [9.17, 15) is 9.18 Å². The summed E-state index contributed by atoms with van der Waals surface area (Å²) in [5, 5.41) is 0. The number of ether oxygens (including phenoxy) is 2. The van der Waals surface area contributed by atoms with Gasteiger partial charge < -0.3 is 9.47 Å². The zero-order chi connectivity index (χ0) is 15.4. The number of carbonyl (C=O) groups is 1. The average molecular weight is 288 g/mol. The van der Waals surface area contributed by atoms with Gasteiger partial charge in [-0.1, -0.05) is 17.7 Å². The molecule has 0 heterocycles. The first-order valence-electron chi connectivity index (χ1n) is 6.55. The summed E-state index contributed by atoms with van der Waals surface area (Å²) < 4.78 is 24.1. The third-order valence-corrected chi connectivity index (χ3v) is 3.23. The van der Waals surface area contributed by atoms with Crippen LogP contribution in [-0.4, -0.2) is 20.0 Å². The van der Waals surface area contributed by atoms with Crippen molar-refractivity contribution in [1.29, 1.82) is 0 Å². The number of hydrogen-bond acceptors (Lipinski definition) is 3. The van der Waals surface area contributed by atoms with Gasteiger partial charge in [0.05, 0.1) is 19.8 Å². The Morgan fingerprint density at radius 1 is 1.05 bits per heavy atom. The van der Waals surface area contributed by atoms with Crippen molar-refractivity contribution in [2.45, 2.75) is 13.3 Å². The van der Waals surface area contributed by atoms with E-state index in [1.807, 2.05) is 6.92 Å². The topological polar surface area (TPSA) is 35.5 Å². The van der Waals surface area contributed by atoms with Crippen LogP contribution in [0.5, 0.6) is 11.5 Å². The number of hydrogen-bond donors (Lipinski definition) is 0. The van der Waals surface area contributed by atoms with Gasteiger partial charge in [0.1, 0.15) is 5.82 Å².